The number of rotatable bonds is 5. The molecule has 7 heteroatoms. The van der Waals surface area contributed by atoms with E-state index in [9.17, 15) is 9.18 Å². The minimum Gasteiger partial charge on any atom is -0.353 e. The average Bonchev–Trinajstić information content (AvgIpc) is 2.68. The molecule has 0 atom stereocenters. The molecule has 1 amide bonds. The molecule has 0 saturated carbocycles. The highest BCUT2D eigenvalue weighted by atomic mass is 19.1. The fourth-order valence-electron chi connectivity index (χ4n) is 2.59. The number of carbonyl (C=O) groups is 1. The minimum absolute atomic E-state index is 0.158. The van der Waals surface area contributed by atoms with Crippen LogP contribution in [0.25, 0.3) is 10.9 Å². The van der Waals surface area contributed by atoms with Crippen LogP contribution >= 0.6 is 0 Å². The van der Waals surface area contributed by atoms with Crippen LogP contribution in [0.3, 0.4) is 0 Å². The van der Waals surface area contributed by atoms with Gasteiger partial charge in [0.2, 0.25) is 0 Å². The summed E-state index contributed by atoms with van der Waals surface area (Å²) in [5.41, 5.74) is 1.59. The Morgan fingerprint density at radius 2 is 2.00 bits per heavy atom. The SMILES string of the molecule is Cc1cc2c(Nc3ccccc3F)cc(C(=O)NCC(C)(C)C#N)nc2cn1. The van der Waals surface area contributed by atoms with E-state index in [0.717, 1.165) is 11.1 Å². The van der Waals surface area contributed by atoms with Crippen molar-refractivity contribution in [2.45, 2.75) is 20.8 Å². The predicted octanol–water partition coefficient (Wildman–Crippen LogP) is 4.10. The summed E-state index contributed by atoms with van der Waals surface area (Å²) in [5.74, 6) is -0.817. The van der Waals surface area contributed by atoms with Crippen molar-refractivity contribution in [1.82, 2.24) is 15.3 Å². The highest BCUT2D eigenvalue weighted by molar-refractivity contribution is 6.00. The summed E-state index contributed by atoms with van der Waals surface area (Å²) in [5, 5.41) is 15.6. The Morgan fingerprint density at radius 1 is 1.25 bits per heavy atom. The van der Waals surface area contributed by atoms with Crippen molar-refractivity contribution in [3.05, 3.63) is 59.8 Å². The second-order valence-electron chi connectivity index (χ2n) is 7.18. The Kier molecular flexibility index (Phi) is 5.23. The number of hydrogen-bond acceptors (Lipinski definition) is 5. The molecular weight excluding hydrogens is 357 g/mol. The number of amides is 1. The van der Waals surface area contributed by atoms with E-state index >= 15 is 0 Å². The number of benzene rings is 1. The third-order valence-corrected chi connectivity index (χ3v) is 4.20. The van der Waals surface area contributed by atoms with E-state index in [1.54, 1.807) is 44.3 Å². The number of nitrogens with zero attached hydrogens (tertiary/aromatic N) is 3. The van der Waals surface area contributed by atoms with Crippen molar-refractivity contribution in [3.63, 3.8) is 0 Å². The highest BCUT2D eigenvalue weighted by Crippen LogP contribution is 2.28. The predicted molar refractivity (Wildman–Crippen MR) is 106 cm³/mol. The first kappa shape index (κ1) is 19.2. The summed E-state index contributed by atoms with van der Waals surface area (Å²) in [4.78, 5) is 21.2. The number of nitriles is 1. The van der Waals surface area contributed by atoms with E-state index in [-0.39, 0.29) is 12.2 Å². The summed E-state index contributed by atoms with van der Waals surface area (Å²) in [6.07, 6.45) is 1.58. The number of para-hydroxylation sites is 1. The summed E-state index contributed by atoms with van der Waals surface area (Å²) in [6, 6.07) is 11.8. The third kappa shape index (κ3) is 4.23. The van der Waals surface area contributed by atoms with Crippen molar-refractivity contribution >= 4 is 28.2 Å². The molecule has 0 spiro atoms. The van der Waals surface area contributed by atoms with Gasteiger partial charge in [0.05, 0.1) is 34.6 Å². The van der Waals surface area contributed by atoms with Crippen LogP contribution < -0.4 is 10.6 Å². The summed E-state index contributed by atoms with van der Waals surface area (Å²) in [7, 11) is 0. The Morgan fingerprint density at radius 3 is 2.71 bits per heavy atom. The van der Waals surface area contributed by atoms with Gasteiger partial charge in [0.1, 0.15) is 11.5 Å². The number of halogens is 1. The van der Waals surface area contributed by atoms with Gasteiger partial charge in [0.15, 0.2) is 0 Å². The van der Waals surface area contributed by atoms with Gasteiger partial charge in [0.25, 0.3) is 5.91 Å². The number of carbonyl (C=O) groups excluding carboxylic acids is 1. The first-order valence-electron chi connectivity index (χ1n) is 8.77. The second kappa shape index (κ2) is 7.61. The van der Waals surface area contributed by atoms with Crippen LogP contribution in [0.5, 0.6) is 0 Å². The van der Waals surface area contributed by atoms with Crippen LogP contribution in [0.2, 0.25) is 0 Å². The van der Waals surface area contributed by atoms with Crippen LogP contribution in [0.4, 0.5) is 15.8 Å². The van der Waals surface area contributed by atoms with Crippen LogP contribution in [0, 0.1) is 29.5 Å². The van der Waals surface area contributed by atoms with Gasteiger partial charge in [-0.15, -0.1) is 0 Å². The lowest BCUT2D eigenvalue weighted by Crippen LogP contribution is -2.33. The zero-order valence-electron chi connectivity index (χ0n) is 15.9. The van der Waals surface area contributed by atoms with E-state index in [4.69, 9.17) is 5.26 Å². The van der Waals surface area contributed by atoms with Gasteiger partial charge in [-0.25, -0.2) is 9.37 Å². The van der Waals surface area contributed by atoms with Crippen LogP contribution in [-0.4, -0.2) is 22.4 Å². The molecule has 0 aliphatic heterocycles. The molecule has 2 aromatic heterocycles. The number of nitrogens with one attached hydrogen (secondary N) is 2. The Bertz CT molecular complexity index is 1090. The topological polar surface area (TPSA) is 90.7 Å². The van der Waals surface area contributed by atoms with Gasteiger partial charge in [0, 0.05) is 17.6 Å². The zero-order chi connectivity index (χ0) is 20.3. The number of anilines is 2. The highest BCUT2D eigenvalue weighted by Gasteiger charge is 2.20. The van der Waals surface area contributed by atoms with E-state index in [2.05, 4.69) is 26.7 Å². The summed E-state index contributed by atoms with van der Waals surface area (Å²) >= 11 is 0. The maximum Gasteiger partial charge on any atom is 0.270 e. The van der Waals surface area contributed by atoms with E-state index < -0.39 is 17.1 Å². The van der Waals surface area contributed by atoms with Gasteiger partial charge in [-0.3, -0.25) is 9.78 Å². The molecule has 2 N–H and O–H groups in total. The van der Waals surface area contributed by atoms with E-state index in [1.165, 1.54) is 6.07 Å². The summed E-state index contributed by atoms with van der Waals surface area (Å²) in [6.45, 7) is 5.50. The number of pyridine rings is 2. The maximum atomic E-state index is 14.1. The second-order valence-corrected chi connectivity index (χ2v) is 7.18. The van der Waals surface area contributed by atoms with Crippen molar-refractivity contribution in [3.8, 4) is 6.07 Å². The van der Waals surface area contributed by atoms with Gasteiger partial charge in [-0.05, 0) is 45.0 Å². The van der Waals surface area contributed by atoms with E-state index in [0.29, 0.717) is 16.9 Å². The number of aryl methyl sites for hydroxylation is 1. The lowest BCUT2D eigenvalue weighted by atomic mass is 9.96. The molecule has 0 fully saturated rings. The summed E-state index contributed by atoms with van der Waals surface area (Å²) < 4.78 is 14.1. The number of fused-ring (bicyclic) bond motifs is 1. The standard InChI is InChI=1S/C21H20FN5O/c1-13-8-14-17(26-16-7-5-4-6-15(16)22)9-18(27-19(14)10-24-13)20(28)25-12-21(2,3)11-23/h4-10H,12H2,1-3H3,(H,25,28)(H,26,27). The molecule has 2 heterocycles. The number of aromatic nitrogens is 2. The third-order valence-electron chi connectivity index (χ3n) is 4.20. The molecule has 0 bridgehead atoms. The van der Waals surface area contributed by atoms with Crippen LogP contribution in [0.15, 0.2) is 42.6 Å². The molecule has 3 aromatic rings. The van der Waals surface area contributed by atoms with Gasteiger partial charge in [-0.1, -0.05) is 12.1 Å². The lowest BCUT2D eigenvalue weighted by molar-refractivity contribution is 0.0939. The maximum absolute atomic E-state index is 14.1. The molecule has 0 saturated heterocycles. The minimum atomic E-state index is -0.695. The molecule has 0 aliphatic carbocycles. The molecule has 0 unspecified atom stereocenters. The largest absolute Gasteiger partial charge is 0.353 e. The van der Waals surface area contributed by atoms with E-state index in [1.807, 2.05) is 13.0 Å². The molecule has 6 nitrogen and oxygen atoms in total. The first-order chi connectivity index (χ1) is 13.3. The van der Waals surface area contributed by atoms with Crippen LogP contribution in [-0.2, 0) is 0 Å². The van der Waals surface area contributed by atoms with Gasteiger partial charge in [-0.2, -0.15) is 5.26 Å². The Hall–Kier alpha value is -3.53. The molecule has 3 rings (SSSR count). The fourth-order valence-corrected chi connectivity index (χ4v) is 2.59. The Labute approximate surface area is 162 Å². The normalized spacial score (nSPS) is 11.1. The lowest BCUT2D eigenvalue weighted by Gasteiger charge is -2.16. The van der Waals surface area contributed by atoms with Crippen LogP contribution in [0.1, 0.15) is 30.0 Å². The fraction of sp³-hybridized carbons (Fsp3) is 0.238. The molecule has 1 aromatic carbocycles. The molecule has 28 heavy (non-hydrogen) atoms. The van der Waals surface area contributed by atoms with Gasteiger partial charge < -0.3 is 10.6 Å². The average molecular weight is 377 g/mol. The zero-order valence-corrected chi connectivity index (χ0v) is 15.9. The quantitative estimate of drug-likeness (QED) is 0.698. The first-order valence-corrected chi connectivity index (χ1v) is 8.77. The Balaban J connectivity index is 2.01. The molecular formula is C21H20FN5O. The van der Waals surface area contributed by atoms with Crippen molar-refractivity contribution in [1.29, 1.82) is 5.26 Å². The van der Waals surface area contributed by atoms with Crippen molar-refractivity contribution in [2.24, 2.45) is 5.41 Å². The van der Waals surface area contributed by atoms with Crippen molar-refractivity contribution < 1.29 is 9.18 Å². The number of hydrogen-bond donors (Lipinski definition) is 2. The molecule has 0 aliphatic rings. The monoisotopic (exact) mass is 377 g/mol. The van der Waals surface area contributed by atoms with Crippen molar-refractivity contribution in [2.75, 3.05) is 11.9 Å². The molecule has 0 radical (unpaired) electrons. The molecule has 142 valence electrons. The smallest absolute Gasteiger partial charge is 0.270 e. The van der Waals surface area contributed by atoms with Gasteiger partial charge >= 0.3 is 0 Å².